The van der Waals surface area contributed by atoms with Gasteiger partial charge in [0.2, 0.25) is 12.7 Å². The number of hydrogen-bond acceptors (Lipinski definition) is 4. The number of carbonyl (C=O) groups is 1. The Morgan fingerprint density at radius 3 is 2.89 bits per heavy atom. The van der Waals surface area contributed by atoms with E-state index >= 15 is 0 Å². The van der Waals surface area contributed by atoms with Gasteiger partial charge in [0, 0.05) is 18.7 Å². The van der Waals surface area contributed by atoms with Crippen LogP contribution in [0.3, 0.4) is 0 Å². The van der Waals surface area contributed by atoms with Crippen LogP contribution in [0.5, 0.6) is 11.5 Å². The monoisotopic (exact) mass is 282 g/mol. The Morgan fingerprint density at radius 2 is 2.16 bits per heavy atom. The highest BCUT2D eigenvalue weighted by Crippen LogP contribution is 2.39. The van der Waals surface area contributed by atoms with Crippen LogP contribution >= 0.6 is 11.6 Å². The fourth-order valence-electron chi connectivity index (χ4n) is 2.32. The van der Waals surface area contributed by atoms with Gasteiger partial charge in [-0.25, -0.2) is 0 Å². The minimum atomic E-state index is -0.00651. The first kappa shape index (κ1) is 12.6. The van der Waals surface area contributed by atoms with Crippen molar-refractivity contribution < 1.29 is 14.3 Å². The molecule has 2 heterocycles. The third-order valence-corrected chi connectivity index (χ3v) is 3.70. The van der Waals surface area contributed by atoms with Crippen molar-refractivity contribution in [1.82, 2.24) is 5.32 Å². The Balaban J connectivity index is 1.74. The molecule has 19 heavy (non-hydrogen) atoms. The summed E-state index contributed by atoms with van der Waals surface area (Å²) in [6, 6.07) is 3.37. The molecule has 1 aromatic rings. The summed E-state index contributed by atoms with van der Waals surface area (Å²) in [6.07, 6.45) is 1.92. The number of hydrogen-bond donors (Lipinski definition) is 2. The van der Waals surface area contributed by atoms with Crippen molar-refractivity contribution in [3.63, 3.8) is 0 Å². The summed E-state index contributed by atoms with van der Waals surface area (Å²) in [7, 11) is 0. The number of rotatable bonds is 2. The zero-order valence-electron chi connectivity index (χ0n) is 10.4. The zero-order valence-corrected chi connectivity index (χ0v) is 11.1. The topological polar surface area (TPSA) is 59.6 Å². The number of benzene rings is 1. The van der Waals surface area contributed by atoms with Gasteiger partial charge in [-0.05, 0) is 19.4 Å². The summed E-state index contributed by atoms with van der Waals surface area (Å²) >= 11 is 6.13. The molecule has 5 nitrogen and oxygen atoms in total. The average molecular weight is 283 g/mol. The van der Waals surface area contributed by atoms with Gasteiger partial charge in [0.15, 0.2) is 11.5 Å². The largest absolute Gasteiger partial charge is 0.454 e. The van der Waals surface area contributed by atoms with Crippen LogP contribution in [0.4, 0.5) is 5.69 Å². The second kappa shape index (κ2) is 5.27. The number of piperidine rings is 1. The molecule has 0 aliphatic carbocycles. The molecular formula is C13H15ClN2O3. The normalized spacial score (nSPS) is 21.2. The van der Waals surface area contributed by atoms with Crippen LogP contribution in [0.2, 0.25) is 5.02 Å². The van der Waals surface area contributed by atoms with Crippen LogP contribution in [0.1, 0.15) is 12.8 Å². The van der Waals surface area contributed by atoms with Gasteiger partial charge in [0.25, 0.3) is 0 Å². The Bertz CT molecular complexity index is 501. The highest BCUT2D eigenvalue weighted by Gasteiger charge is 2.23. The Hall–Kier alpha value is -1.46. The van der Waals surface area contributed by atoms with E-state index in [1.54, 1.807) is 12.1 Å². The van der Waals surface area contributed by atoms with Crippen molar-refractivity contribution in [2.45, 2.75) is 12.8 Å². The molecule has 1 fully saturated rings. The van der Waals surface area contributed by atoms with Crippen molar-refractivity contribution in [1.29, 1.82) is 0 Å². The van der Waals surface area contributed by atoms with Crippen LogP contribution in [0.25, 0.3) is 0 Å². The van der Waals surface area contributed by atoms with Crippen molar-refractivity contribution in [2.75, 3.05) is 25.2 Å². The number of carbonyl (C=O) groups excluding carboxylic acids is 1. The van der Waals surface area contributed by atoms with Gasteiger partial charge in [-0.15, -0.1) is 0 Å². The van der Waals surface area contributed by atoms with Gasteiger partial charge in [-0.1, -0.05) is 11.6 Å². The molecule has 0 spiro atoms. The molecule has 1 amide bonds. The van der Waals surface area contributed by atoms with Crippen molar-refractivity contribution in [2.24, 2.45) is 5.92 Å². The molecule has 0 aromatic heterocycles. The predicted octanol–water partition coefficient (Wildman–Crippen LogP) is 2.01. The Morgan fingerprint density at radius 1 is 1.37 bits per heavy atom. The summed E-state index contributed by atoms with van der Waals surface area (Å²) in [5.41, 5.74) is 0.571. The van der Waals surface area contributed by atoms with E-state index in [9.17, 15) is 4.79 Å². The van der Waals surface area contributed by atoms with E-state index in [1.807, 2.05) is 0 Å². The molecule has 0 radical (unpaired) electrons. The van der Waals surface area contributed by atoms with E-state index in [0.29, 0.717) is 28.8 Å². The maximum atomic E-state index is 12.1. The summed E-state index contributed by atoms with van der Waals surface area (Å²) in [4.78, 5) is 12.1. The van der Waals surface area contributed by atoms with Crippen molar-refractivity contribution in [3.8, 4) is 11.5 Å². The summed E-state index contributed by atoms with van der Waals surface area (Å²) < 4.78 is 10.5. The lowest BCUT2D eigenvalue weighted by Gasteiger charge is -2.22. The maximum absolute atomic E-state index is 12.1. The number of halogens is 1. The first-order valence-corrected chi connectivity index (χ1v) is 6.72. The second-order valence-corrected chi connectivity index (χ2v) is 5.13. The number of amides is 1. The minimum Gasteiger partial charge on any atom is -0.454 e. The molecule has 6 heteroatoms. The number of anilines is 1. The number of ether oxygens (including phenoxy) is 2. The third-order valence-electron chi connectivity index (χ3n) is 3.39. The second-order valence-electron chi connectivity index (χ2n) is 4.72. The lowest BCUT2D eigenvalue weighted by Crippen LogP contribution is -2.37. The van der Waals surface area contributed by atoms with E-state index in [0.717, 1.165) is 19.4 Å². The molecule has 2 N–H and O–H groups in total. The molecule has 0 saturated carbocycles. The number of nitrogens with one attached hydrogen (secondary N) is 2. The molecule has 1 saturated heterocycles. The van der Waals surface area contributed by atoms with E-state index in [2.05, 4.69) is 10.6 Å². The van der Waals surface area contributed by atoms with Crippen LogP contribution in [0.15, 0.2) is 12.1 Å². The minimum absolute atomic E-state index is 0.00441. The van der Waals surface area contributed by atoms with Gasteiger partial charge in [-0.3, -0.25) is 4.79 Å². The van der Waals surface area contributed by atoms with Gasteiger partial charge in [-0.2, -0.15) is 0 Å². The first-order valence-electron chi connectivity index (χ1n) is 6.35. The fraction of sp³-hybridized carbons (Fsp3) is 0.462. The predicted molar refractivity (Wildman–Crippen MR) is 71.8 cm³/mol. The van der Waals surface area contributed by atoms with Gasteiger partial charge in [0.05, 0.1) is 16.6 Å². The Labute approximate surface area is 116 Å². The van der Waals surface area contributed by atoms with Crippen LogP contribution < -0.4 is 20.1 Å². The quantitative estimate of drug-likeness (QED) is 0.871. The van der Waals surface area contributed by atoms with Crippen molar-refractivity contribution >= 4 is 23.2 Å². The molecule has 2 aliphatic heterocycles. The maximum Gasteiger partial charge on any atom is 0.231 e. The molecular weight excluding hydrogens is 268 g/mol. The first-order chi connectivity index (χ1) is 9.24. The third kappa shape index (κ3) is 2.62. The molecule has 1 aromatic carbocycles. The van der Waals surface area contributed by atoms with Crippen LogP contribution in [0, 0.1) is 5.92 Å². The molecule has 102 valence electrons. The molecule has 1 atom stereocenters. The number of fused-ring (bicyclic) bond motifs is 1. The summed E-state index contributed by atoms with van der Waals surface area (Å²) in [6.45, 7) is 1.89. The lowest BCUT2D eigenvalue weighted by molar-refractivity contribution is -0.120. The van der Waals surface area contributed by atoms with Gasteiger partial charge < -0.3 is 20.1 Å². The van der Waals surface area contributed by atoms with E-state index in [-0.39, 0.29) is 18.6 Å². The average Bonchev–Trinajstić information content (AvgIpc) is 2.87. The molecule has 2 aliphatic rings. The van der Waals surface area contributed by atoms with E-state index in [4.69, 9.17) is 21.1 Å². The van der Waals surface area contributed by atoms with E-state index < -0.39 is 0 Å². The molecule has 0 unspecified atom stereocenters. The summed E-state index contributed by atoms with van der Waals surface area (Å²) in [5, 5.41) is 6.54. The smallest absolute Gasteiger partial charge is 0.231 e. The SMILES string of the molecule is O=C(Nc1cc2c(cc1Cl)OCO2)[C@H]1CCCNC1. The Kier molecular flexibility index (Phi) is 3.48. The zero-order chi connectivity index (χ0) is 13.2. The lowest BCUT2D eigenvalue weighted by atomic mass is 9.99. The van der Waals surface area contributed by atoms with Gasteiger partial charge in [0.1, 0.15) is 0 Å². The highest BCUT2D eigenvalue weighted by atomic mass is 35.5. The molecule has 3 rings (SSSR count). The van der Waals surface area contributed by atoms with E-state index in [1.165, 1.54) is 0 Å². The van der Waals surface area contributed by atoms with Crippen molar-refractivity contribution in [3.05, 3.63) is 17.2 Å². The fourth-order valence-corrected chi connectivity index (χ4v) is 2.52. The van der Waals surface area contributed by atoms with Crippen LogP contribution in [-0.4, -0.2) is 25.8 Å². The summed E-state index contributed by atoms with van der Waals surface area (Å²) in [5.74, 6) is 1.21. The highest BCUT2D eigenvalue weighted by molar-refractivity contribution is 6.34. The molecule has 0 bridgehead atoms. The standard InChI is InChI=1S/C13H15ClN2O3/c14-9-4-11-12(19-7-18-11)5-10(9)16-13(17)8-2-1-3-15-6-8/h4-5,8,15H,1-3,6-7H2,(H,16,17)/t8-/m0/s1. The van der Waals surface area contributed by atoms with Gasteiger partial charge >= 0.3 is 0 Å². The van der Waals surface area contributed by atoms with Crippen LogP contribution in [-0.2, 0) is 4.79 Å².